The maximum atomic E-state index is 12.1. The van der Waals surface area contributed by atoms with Crippen LogP contribution in [-0.4, -0.2) is 13.1 Å². The van der Waals surface area contributed by atoms with Gasteiger partial charge in [0.2, 0.25) is 0 Å². The lowest BCUT2D eigenvalue weighted by Gasteiger charge is -2.17. The van der Waals surface area contributed by atoms with E-state index in [-0.39, 0.29) is 5.97 Å². The van der Waals surface area contributed by atoms with Crippen LogP contribution in [0.1, 0.15) is 23.5 Å². The molecule has 22 heavy (non-hydrogen) atoms. The van der Waals surface area contributed by atoms with E-state index >= 15 is 0 Å². The topological polar surface area (TPSA) is 26.3 Å². The third-order valence-electron chi connectivity index (χ3n) is 3.48. The van der Waals surface area contributed by atoms with Crippen molar-refractivity contribution in [2.24, 2.45) is 0 Å². The summed E-state index contributed by atoms with van der Waals surface area (Å²) in [6.45, 7) is 0. The average molecular weight is 358 g/mol. The number of halogens is 3. The second kappa shape index (κ2) is 7.87. The molecule has 2 nitrogen and oxygen atoms in total. The highest BCUT2D eigenvalue weighted by Crippen LogP contribution is 2.32. The molecule has 2 rings (SSSR count). The highest BCUT2D eigenvalue weighted by molar-refractivity contribution is 6.35. The number of rotatable bonds is 5. The molecule has 2 aromatic rings. The fourth-order valence-electron chi connectivity index (χ4n) is 2.33. The lowest BCUT2D eigenvalue weighted by Crippen LogP contribution is -2.15. The van der Waals surface area contributed by atoms with E-state index in [2.05, 4.69) is 0 Å². The molecule has 2 aromatic carbocycles. The largest absolute Gasteiger partial charge is 0.469 e. The van der Waals surface area contributed by atoms with E-state index in [0.717, 1.165) is 5.56 Å². The van der Waals surface area contributed by atoms with Crippen LogP contribution in [0.5, 0.6) is 0 Å². The Kier molecular flexibility index (Phi) is 6.13. The zero-order valence-electron chi connectivity index (χ0n) is 12.0. The number of aryl methyl sites for hydroxylation is 1. The third-order valence-corrected chi connectivity index (χ3v) is 4.41. The van der Waals surface area contributed by atoms with Crippen molar-refractivity contribution in [3.8, 4) is 0 Å². The first-order chi connectivity index (χ1) is 10.5. The van der Waals surface area contributed by atoms with Crippen molar-refractivity contribution in [3.63, 3.8) is 0 Å². The average Bonchev–Trinajstić information content (AvgIpc) is 2.50. The Hall–Kier alpha value is -1.22. The summed E-state index contributed by atoms with van der Waals surface area (Å²) in [7, 11) is 1.37. The molecule has 0 heterocycles. The lowest BCUT2D eigenvalue weighted by molar-refractivity contribution is -0.142. The second-order valence-corrected chi connectivity index (χ2v) is 6.12. The van der Waals surface area contributed by atoms with Gasteiger partial charge in [0.1, 0.15) is 0 Å². The highest BCUT2D eigenvalue weighted by atomic mass is 35.5. The zero-order valence-corrected chi connectivity index (χ0v) is 14.3. The van der Waals surface area contributed by atoms with Gasteiger partial charge in [-0.1, -0.05) is 59.1 Å². The Morgan fingerprint density at radius 3 is 2.45 bits per heavy atom. The molecule has 116 valence electrons. The number of ether oxygens (including phenoxy) is 1. The van der Waals surface area contributed by atoms with Crippen LogP contribution in [0.3, 0.4) is 0 Å². The fraction of sp³-hybridized carbons (Fsp3) is 0.235. The number of hydrogen-bond donors (Lipinski definition) is 0. The summed E-state index contributed by atoms with van der Waals surface area (Å²) in [5.41, 5.74) is 1.70. The van der Waals surface area contributed by atoms with Crippen LogP contribution in [0.15, 0.2) is 42.5 Å². The summed E-state index contributed by atoms with van der Waals surface area (Å²) < 4.78 is 4.91. The summed E-state index contributed by atoms with van der Waals surface area (Å²) in [6.07, 6.45) is 1.20. The van der Waals surface area contributed by atoms with Crippen molar-refractivity contribution >= 4 is 40.8 Å². The quantitative estimate of drug-likeness (QED) is 0.657. The van der Waals surface area contributed by atoms with Crippen LogP contribution in [0.2, 0.25) is 15.1 Å². The van der Waals surface area contributed by atoms with E-state index in [1.54, 1.807) is 18.2 Å². The van der Waals surface area contributed by atoms with Crippen molar-refractivity contribution in [2.45, 2.75) is 18.8 Å². The van der Waals surface area contributed by atoms with Gasteiger partial charge in [-0.2, -0.15) is 0 Å². The number of carbonyl (C=O) groups is 1. The minimum atomic E-state index is -0.453. The van der Waals surface area contributed by atoms with Gasteiger partial charge in [0.15, 0.2) is 0 Å². The van der Waals surface area contributed by atoms with Crippen molar-refractivity contribution in [1.29, 1.82) is 0 Å². The van der Waals surface area contributed by atoms with E-state index in [1.807, 2.05) is 24.3 Å². The van der Waals surface area contributed by atoms with Crippen LogP contribution >= 0.6 is 34.8 Å². The molecule has 0 aromatic heterocycles. The van der Waals surface area contributed by atoms with Crippen molar-refractivity contribution in [3.05, 3.63) is 68.7 Å². The smallest absolute Gasteiger partial charge is 0.313 e. The molecule has 5 heteroatoms. The lowest BCUT2D eigenvalue weighted by atomic mass is 9.92. The van der Waals surface area contributed by atoms with Gasteiger partial charge < -0.3 is 4.74 Å². The third kappa shape index (κ3) is 4.16. The van der Waals surface area contributed by atoms with Crippen LogP contribution < -0.4 is 0 Å². The Balaban J connectivity index is 2.24. The van der Waals surface area contributed by atoms with Gasteiger partial charge in [0.05, 0.1) is 13.0 Å². The Bertz CT molecular complexity index is 671. The molecular weight excluding hydrogens is 343 g/mol. The first kappa shape index (κ1) is 17.1. The predicted molar refractivity (Wildman–Crippen MR) is 91.0 cm³/mol. The van der Waals surface area contributed by atoms with Gasteiger partial charge >= 0.3 is 5.97 Å². The SMILES string of the molecule is COC(=O)[C@@H](CCc1ccccc1Cl)c1ccc(Cl)cc1Cl. The molecule has 0 spiro atoms. The van der Waals surface area contributed by atoms with Crippen LogP contribution in [-0.2, 0) is 16.0 Å². The van der Waals surface area contributed by atoms with Crippen molar-refractivity contribution in [1.82, 2.24) is 0 Å². The van der Waals surface area contributed by atoms with E-state index in [4.69, 9.17) is 39.5 Å². The monoisotopic (exact) mass is 356 g/mol. The van der Waals surface area contributed by atoms with E-state index in [0.29, 0.717) is 33.5 Å². The molecular formula is C17H15Cl3O2. The summed E-state index contributed by atoms with van der Waals surface area (Å²) in [5.74, 6) is -0.776. The minimum absolute atomic E-state index is 0.323. The standard InChI is InChI=1S/C17H15Cl3O2/c1-22-17(21)14(13-9-7-12(18)10-16(13)20)8-6-11-4-2-3-5-15(11)19/h2-5,7,9-10,14H,6,8H2,1H3/t14-/m0/s1. The van der Waals surface area contributed by atoms with Gasteiger partial charge in [-0.25, -0.2) is 0 Å². The molecule has 0 saturated heterocycles. The molecule has 1 atom stereocenters. The van der Waals surface area contributed by atoms with Gasteiger partial charge in [0, 0.05) is 15.1 Å². The molecule has 0 saturated carbocycles. The van der Waals surface area contributed by atoms with Crippen LogP contribution in [0, 0.1) is 0 Å². The maximum Gasteiger partial charge on any atom is 0.313 e. The van der Waals surface area contributed by atoms with Crippen LogP contribution in [0.4, 0.5) is 0 Å². The van der Waals surface area contributed by atoms with Gasteiger partial charge in [0.25, 0.3) is 0 Å². The molecule has 0 radical (unpaired) electrons. The summed E-state index contributed by atoms with van der Waals surface area (Å²) >= 11 is 18.3. The zero-order chi connectivity index (χ0) is 16.1. The molecule has 0 aliphatic heterocycles. The Morgan fingerprint density at radius 1 is 1.09 bits per heavy atom. The normalized spacial score (nSPS) is 12.0. The predicted octanol–water partition coefficient (Wildman–Crippen LogP) is 5.54. The van der Waals surface area contributed by atoms with Gasteiger partial charge in [-0.05, 0) is 42.2 Å². The minimum Gasteiger partial charge on any atom is -0.469 e. The first-order valence-corrected chi connectivity index (χ1v) is 7.92. The second-order valence-electron chi connectivity index (χ2n) is 4.87. The van der Waals surface area contributed by atoms with E-state index in [1.165, 1.54) is 7.11 Å². The summed E-state index contributed by atoms with van der Waals surface area (Å²) in [5, 5.41) is 1.68. The van der Waals surface area contributed by atoms with Crippen LogP contribution in [0.25, 0.3) is 0 Å². The molecule has 0 aliphatic carbocycles. The molecule has 0 N–H and O–H groups in total. The first-order valence-electron chi connectivity index (χ1n) is 6.79. The molecule has 0 bridgehead atoms. The summed E-state index contributed by atoms with van der Waals surface area (Å²) in [4.78, 5) is 12.1. The number of benzene rings is 2. The van der Waals surface area contributed by atoms with Crippen molar-refractivity contribution < 1.29 is 9.53 Å². The van der Waals surface area contributed by atoms with Gasteiger partial charge in [-0.3, -0.25) is 4.79 Å². The highest BCUT2D eigenvalue weighted by Gasteiger charge is 2.24. The molecule has 0 amide bonds. The van der Waals surface area contributed by atoms with Crippen molar-refractivity contribution in [2.75, 3.05) is 7.11 Å². The Labute approximate surface area is 144 Å². The maximum absolute atomic E-state index is 12.1. The van der Waals surface area contributed by atoms with E-state index in [9.17, 15) is 4.79 Å². The number of methoxy groups -OCH3 is 1. The molecule has 0 aliphatic rings. The Morgan fingerprint density at radius 2 is 1.82 bits per heavy atom. The molecule has 0 unspecified atom stereocenters. The molecule has 0 fully saturated rings. The number of hydrogen-bond acceptors (Lipinski definition) is 2. The van der Waals surface area contributed by atoms with Gasteiger partial charge in [-0.15, -0.1) is 0 Å². The fourth-order valence-corrected chi connectivity index (χ4v) is 3.10. The van der Waals surface area contributed by atoms with E-state index < -0.39 is 5.92 Å². The number of esters is 1. The summed E-state index contributed by atoms with van der Waals surface area (Å²) in [6, 6.07) is 12.7. The number of carbonyl (C=O) groups excluding carboxylic acids is 1.